The van der Waals surface area contributed by atoms with E-state index in [1.807, 2.05) is 66.2 Å². The van der Waals surface area contributed by atoms with Crippen LogP contribution in [0.2, 0.25) is 0 Å². The van der Waals surface area contributed by atoms with E-state index in [9.17, 15) is 14.4 Å². The molecule has 5 aromatic heterocycles. The zero-order valence-electron chi connectivity index (χ0n) is 31.6. The number of fused-ring (bicyclic) bond motifs is 4. The third-order valence-electron chi connectivity index (χ3n) is 10.8. The SMILES string of the molecule is Cc1c(C)n(C)c2c(Cn3c(=O)n(CCC(=O)O)c4ccccc43)cccc12.Cc1cccc2scc(Cn3c(=O)n(CCc4nn[nH]n4)c4ccccc43)c12. The van der Waals surface area contributed by atoms with Crippen LogP contribution in [0.1, 0.15) is 40.2 Å². The number of hydrogen-bond acceptors (Lipinski definition) is 7. The van der Waals surface area contributed by atoms with Crippen molar-refractivity contribution in [3.8, 4) is 0 Å². The maximum atomic E-state index is 13.3. The lowest BCUT2D eigenvalue weighted by atomic mass is 10.1. The van der Waals surface area contributed by atoms with Gasteiger partial charge < -0.3 is 9.67 Å². The molecule has 0 saturated carbocycles. The quantitative estimate of drug-likeness (QED) is 0.160. The molecular weight excluding hydrogens is 727 g/mol. The highest BCUT2D eigenvalue weighted by Gasteiger charge is 2.18. The third kappa shape index (κ3) is 6.51. The number of imidazole rings is 2. The van der Waals surface area contributed by atoms with E-state index < -0.39 is 5.97 Å². The molecular formula is C42H41N9O4S. The van der Waals surface area contributed by atoms with E-state index in [2.05, 4.69) is 81.7 Å². The summed E-state index contributed by atoms with van der Waals surface area (Å²) in [6, 6.07) is 28.0. The molecule has 0 aliphatic rings. The Labute approximate surface area is 324 Å². The van der Waals surface area contributed by atoms with Gasteiger partial charge in [0.05, 0.1) is 47.1 Å². The fourth-order valence-corrected chi connectivity index (χ4v) is 8.85. The number of aromatic nitrogens is 9. The molecule has 0 spiro atoms. The topological polar surface area (TPSA) is 151 Å². The van der Waals surface area contributed by atoms with Gasteiger partial charge in [0.25, 0.3) is 0 Å². The number of benzene rings is 4. The molecule has 9 aromatic rings. The highest BCUT2D eigenvalue weighted by molar-refractivity contribution is 7.17. The Bertz CT molecular complexity index is 3010. The molecule has 0 unspecified atom stereocenters. The molecule has 0 radical (unpaired) electrons. The molecule has 284 valence electrons. The van der Waals surface area contributed by atoms with Gasteiger partial charge in [-0.25, -0.2) is 9.59 Å². The second-order valence-electron chi connectivity index (χ2n) is 14.0. The molecule has 0 fully saturated rings. The number of para-hydroxylation sites is 5. The number of nitrogens with one attached hydrogen (secondary N) is 1. The minimum absolute atomic E-state index is 0.0161. The van der Waals surface area contributed by atoms with Crippen molar-refractivity contribution in [1.29, 1.82) is 0 Å². The number of carboxylic acids is 1. The summed E-state index contributed by atoms with van der Waals surface area (Å²) < 4.78 is 10.4. The molecule has 0 bridgehead atoms. The Morgan fingerprint density at radius 2 is 1.36 bits per heavy atom. The highest BCUT2D eigenvalue weighted by Crippen LogP contribution is 2.30. The van der Waals surface area contributed by atoms with E-state index in [1.54, 1.807) is 25.0 Å². The van der Waals surface area contributed by atoms with E-state index in [0.29, 0.717) is 31.9 Å². The number of carboxylic acid groups (broad SMARTS) is 1. The summed E-state index contributed by atoms with van der Waals surface area (Å²) in [4.78, 5) is 37.4. The summed E-state index contributed by atoms with van der Waals surface area (Å²) in [5, 5.41) is 27.6. The Morgan fingerprint density at radius 1 is 0.750 bits per heavy atom. The van der Waals surface area contributed by atoms with E-state index >= 15 is 0 Å². The molecule has 0 amide bonds. The lowest BCUT2D eigenvalue weighted by Gasteiger charge is -2.08. The van der Waals surface area contributed by atoms with Gasteiger partial charge in [0.15, 0.2) is 5.82 Å². The van der Waals surface area contributed by atoms with Crippen LogP contribution in [-0.4, -0.2) is 54.5 Å². The smallest absolute Gasteiger partial charge is 0.329 e. The molecule has 4 aromatic carbocycles. The number of tetrazole rings is 1. The molecule has 9 rings (SSSR count). The maximum Gasteiger partial charge on any atom is 0.329 e. The number of aromatic amines is 1. The van der Waals surface area contributed by atoms with E-state index in [-0.39, 0.29) is 24.3 Å². The van der Waals surface area contributed by atoms with Crippen LogP contribution in [-0.2, 0) is 44.4 Å². The van der Waals surface area contributed by atoms with Crippen molar-refractivity contribution in [2.24, 2.45) is 7.05 Å². The first-order valence-corrected chi connectivity index (χ1v) is 19.3. The first-order chi connectivity index (χ1) is 27.1. The minimum Gasteiger partial charge on any atom is -0.481 e. The lowest BCUT2D eigenvalue weighted by Crippen LogP contribution is -2.25. The van der Waals surface area contributed by atoms with Crippen molar-refractivity contribution in [1.82, 2.24) is 43.5 Å². The number of hydrogen-bond donors (Lipinski definition) is 2. The van der Waals surface area contributed by atoms with Crippen molar-refractivity contribution < 1.29 is 9.90 Å². The average molecular weight is 768 g/mol. The summed E-state index contributed by atoms with van der Waals surface area (Å²) in [7, 11) is 2.05. The zero-order valence-corrected chi connectivity index (χ0v) is 32.4. The monoisotopic (exact) mass is 767 g/mol. The molecule has 0 aliphatic heterocycles. The molecule has 2 N–H and O–H groups in total. The van der Waals surface area contributed by atoms with Gasteiger partial charge in [-0.1, -0.05) is 59.8 Å². The normalized spacial score (nSPS) is 11.6. The Morgan fingerprint density at radius 3 is 1.98 bits per heavy atom. The Balaban J connectivity index is 0.000000157. The predicted molar refractivity (Wildman–Crippen MR) is 220 cm³/mol. The number of aliphatic carboxylic acids is 1. The standard InChI is InChI=1S/C22H23N3O3.C20H18N6OS/c1-14-15(2)23(3)21-16(7-6-8-17(14)21)13-25-19-10-5-4-9-18(19)24(22(25)28)12-11-20(26)27;1-13-5-4-8-17-19(13)14(12-28-17)11-26-16-7-3-2-6-15(16)25(20(26)27)10-9-18-21-23-24-22-18/h4-10H,11-13H2,1-3H3,(H,26,27);2-8,12H,9-11H2,1H3,(H,21,22,23,24). The summed E-state index contributed by atoms with van der Waals surface area (Å²) in [6.07, 6.45) is 0.463. The summed E-state index contributed by atoms with van der Waals surface area (Å²) >= 11 is 1.72. The molecule has 0 saturated heterocycles. The van der Waals surface area contributed by atoms with Gasteiger partial charge in [0.2, 0.25) is 0 Å². The number of thiophene rings is 1. The minimum atomic E-state index is -0.914. The summed E-state index contributed by atoms with van der Waals surface area (Å²) in [5.41, 5.74) is 10.3. The van der Waals surface area contributed by atoms with Crippen LogP contribution in [0, 0.1) is 20.8 Å². The van der Waals surface area contributed by atoms with Crippen molar-refractivity contribution in [3.63, 3.8) is 0 Å². The Hall–Kier alpha value is -6.54. The molecule has 13 nitrogen and oxygen atoms in total. The van der Waals surface area contributed by atoms with Crippen LogP contribution in [0.4, 0.5) is 0 Å². The largest absolute Gasteiger partial charge is 0.481 e. The van der Waals surface area contributed by atoms with Gasteiger partial charge in [-0.2, -0.15) is 5.21 Å². The maximum absolute atomic E-state index is 13.3. The number of H-pyrrole nitrogens is 1. The van der Waals surface area contributed by atoms with Crippen LogP contribution in [0.3, 0.4) is 0 Å². The molecule has 0 aliphatic carbocycles. The van der Waals surface area contributed by atoms with Gasteiger partial charge in [0.1, 0.15) is 0 Å². The predicted octanol–water partition coefficient (Wildman–Crippen LogP) is 6.56. The molecule has 56 heavy (non-hydrogen) atoms. The first-order valence-electron chi connectivity index (χ1n) is 18.4. The summed E-state index contributed by atoms with van der Waals surface area (Å²) in [5.74, 6) is -0.313. The van der Waals surface area contributed by atoms with Crippen molar-refractivity contribution in [3.05, 3.63) is 145 Å². The third-order valence-corrected chi connectivity index (χ3v) is 11.8. The van der Waals surface area contributed by atoms with Crippen LogP contribution in [0.5, 0.6) is 0 Å². The lowest BCUT2D eigenvalue weighted by molar-refractivity contribution is -0.137. The first kappa shape index (κ1) is 36.4. The van der Waals surface area contributed by atoms with Gasteiger partial charge >= 0.3 is 17.3 Å². The second-order valence-corrected chi connectivity index (χ2v) is 14.9. The van der Waals surface area contributed by atoms with E-state index in [4.69, 9.17) is 5.11 Å². The Kier molecular flexibility index (Phi) is 9.72. The van der Waals surface area contributed by atoms with Crippen molar-refractivity contribution in [2.75, 3.05) is 0 Å². The van der Waals surface area contributed by atoms with Crippen LogP contribution >= 0.6 is 11.3 Å². The molecule has 0 atom stereocenters. The average Bonchev–Trinajstić information content (AvgIpc) is 4.02. The van der Waals surface area contributed by atoms with Crippen LogP contribution in [0.25, 0.3) is 43.1 Å². The second kappa shape index (κ2) is 14.9. The molecule has 14 heteroatoms. The number of nitrogens with zero attached hydrogens (tertiary/aromatic N) is 8. The van der Waals surface area contributed by atoms with E-state index in [1.165, 1.54) is 37.9 Å². The van der Waals surface area contributed by atoms with Crippen LogP contribution < -0.4 is 11.4 Å². The number of carbonyl (C=O) groups is 1. The fourth-order valence-electron chi connectivity index (χ4n) is 7.82. The van der Waals surface area contributed by atoms with Gasteiger partial charge in [0, 0.05) is 47.7 Å². The van der Waals surface area contributed by atoms with Crippen molar-refractivity contribution >= 4 is 60.4 Å². The highest BCUT2D eigenvalue weighted by atomic mass is 32.1. The number of aryl methyl sites for hydroxylation is 6. The fraction of sp³-hybridized carbons (Fsp3) is 0.238. The number of rotatable bonds is 10. The van der Waals surface area contributed by atoms with Crippen molar-refractivity contribution in [2.45, 2.75) is 59.8 Å². The van der Waals surface area contributed by atoms with Gasteiger partial charge in [-0.05, 0) is 78.7 Å². The summed E-state index contributed by atoms with van der Waals surface area (Å²) in [6.45, 7) is 8.00. The van der Waals surface area contributed by atoms with Gasteiger partial charge in [-0.3, -0.25) is 23.1 Å². The van der Waals surface area contributed by atoms with Crippen LogP contribution in [0.15, 0.2) is 99.9 Å². The van der Waals surface area contributed by atoms with Gasteiger partial charge in [-0.15, -0.1) is 21.5 Å². The molecule has 5 heterocycles. The van der Waals surface area contributed by atoms with E-state index in [0.717, 1.165) is 33.1 Å². The zero-order chi connectivity index (χ0) is 39.1.